The van der Waals surface area contributed by atoms with Gasteiger partial charge in [-0.1, -0.05) is 40.9 Å². The number of nitrogens with zero attached hydrogens (tertiary/aromatic N) is 1. The highest BCUT2D eigenvalue weighted by Crippen LogP contribution is 2.25. The van der Waals surface area contributed by atoms with Crippen LogP contribution in [0.5, 0.6) is 11.5 Å². The number of halogens is 1. The molecule has 1 aliphatic rings. The molecule has 0 spiro atoms. The number of likely N-dealkylation sites (tertiary alicyclic amines) is 1. The molecule has 0 aliphatic carbocycles. The maximum Gasteiger partial charge on any atom is 0.258 e. The summed E-state index contributed by atoms with van der Waals surface area (Å²) in [4.78, 5) is 14.9. The van der Waals surface area contributed by atoms with Crippen LogP contribution in [0.15, 0.2) is 53.0 Å². The molecule has 6 heteroatoms. The molecule has 0 saturated carbocycles. The summed E-state index contributed by atoms with van der Waals surface area (Å²) in [6.07, 6.45) is 4.96. The molecule has 0 aromatic heterocycles. The molecule has 156 valence electrons. The maximum absolute atomic E-state index is 12.4. The molecule has 1 unspecified atom stereocenters. The minimum atomic E-state index is -0.110. The second-order valence-corrected chi connectivity index (χ2v) is 8.20. The van der Waals surface area contributed by atoms with Crippen molar-refractivity contribution in [1.29, 1.82) is 0 Å². The van der Waals surface area contributed by atoms with E-state index in [4.69, 9.17) is 9.47 Å². The van der Waals surface area contributed by atoms with Crippen LogP contribution in [0.1, 0.15) is 37.3 Å². The second kappa shape index (κ2) is 11.2. The highest BCUT2D eigenvalue weighted by atomic mass is 79.9. The minimum Gasteiger partial charge on any atom is -0.497 e. The Kier molecular flexibility index (Phi) is 8.38. The van der Waals surface area contributed by atoms with E-state index < -0.39 is 0 Å². The largest absolute Gasteiger partial charge is 0.497 e. The van der Waals surface area contributed by atoms with Gasteiger partial charge in [-0.05, 0) is 67.9 Å². The molecule has 2 aromatic carbocycles. The van der Waals surface area contributed by atoms with Crippen LogP contribution in [0.4, 0.5) is 0 Å². The van der Waals surface area contributed by atoms with Crippen molar-refractivity contribution in [2.24, 2.45) is 0 Å². The molecule has 3 rings (SSSR count). The van der Waals surface area contributed by atoms with Crippen LogP contribution in [0.25, 0.3) is 0 Å². The lowest BCUT2D eigenvalue weighted by Crippen LogP contribution is -2.40. The van der Waals surface area contributed by atoms with Crippen molar-refractivity contribution in [3.63, 3.8) is 0 Å². The number of benzene rings is 2. The highest BCUT2D eigenvalue weighted by molar-refractivity contribution is 9.10. The molecule has 2 aromatic rings. The fourth-order valence-corrected chi connectivity index (χ4v) is 3.90. The number of carbonyl (C=O) groups is 1. The van der Waals surface area contributed by atoms with E-state index in [1.165, 1.54) is 31.2 Å². The number of hydrogen-bond acceptors (Lipinski definition) is 4. The lowest BCUT2D eigenvalue weighted by molar-refractivity contribution is -0.123. The zero-order valence-electron chi connectivity index (χ0n) is 16.9. The lowest BCUT2D eigenvalue weighted by Gasteiger charge is -2.31. The van der Waals surface area contributed by atoms with Gasteiger partial charge in [0, 0.05) is 11.0 Å². The third kappa shape index (κ3) is 6.75. The number of hydrogen-bond donors (Lipinski definition) is 1. The van der Waals surface area contributed by atoms with Crippen LogP contribution < -0.4 is 14.8 Å². The standard InChI is InChI=1S/C23H29BrN2O3/c1-28-20-10-6-18(7-11-20)22(26-14-4-2-3-5-15-26)16-25-23(27)17-29-21-12-8-19(24)9-13-21/h6-13,22H,2-5,14-17H2,1H3,(H,25,27). The van der Waals surface area contributed by atoms with E-state index in [-0.39, 0.29) is 18.6 Å². The van der Waals surface area contributed by atoms with Crippen molar-refractivity contribution in [2.45, 2.75) is 31.7 Å². The van der Waals surface area contributed by atoms with Gasteiger partial charge < -0.3 is 14.8 Å². The van der Waals surface area contributed by atoms with E-state index in [9.17, 15) is 4.79 Å². The first kappa shape index (κ1) is 21.7. The van der Waals surface area contributed by atoms with E-state index >= 15 is 0 Å². The summed E-state index contributed by atoms with van der Waals surface area (Å²) in [5, 5.41) is 3.06. The first-order chi connectivity index (χ1) is 14.2. The summed E-state index contributed by atoms with van der Waals surface area (Å²) in [5.74, 6) is 1.42. The van der Waals surface area contributed by atoms with Gasteiger partial charge in [0.05, 0.1) is 13.2 Å². The van der Waals surface area contributed by atoms with Crippen LogP contribution in [-0.4, -0.2) is 44.2 Å². The molecule has 5 nitrogen and oxygen atoms in total. The zero-order chi connectivity index (χ0) is 20.5. The number of amides is 1. The molecule has 1 fully saturated rings. The summed E-state index contributed by atoms with van der Waals surface area (Å²) in [6.45, 7) is 2.69. The summed E-state index contributed by atoms with van der Waals surface area (Å²) in [6, 6.07) is 15.8. The molecular formula is C23H29BrN2O3. The fourth-order valence-electron chi connectivity index (χ4n) is 3.63. The Balaban J connectivity index is 1.60. The van der Waals surface area contributed by atoms with E-state index in [2.05, 4.69) is 38.3 Å². The van der Waals surface area contributed by atoms with Gasteiger partial charge in [-0.2, -0.15) is 0 Å². The Bertz CT molecular complexity index is 757. The Morgan fingerprint density at radius 3 is 2.24 bits per heavy atom. The van der Waals surface area contributed by atoms with Gasteiger partial charge in [-0.15, -0.1) is 0 Å². The van der Waals surface area contributed by atoms with E-state index in [0.717, 1.165) is 23.3 Å². The quantitative estimate of drug-likeness (QED) is 0.626. The van der Waals surface area contributed by atoms with Gasteiger partial charge in [0.2, 0.25) is 0 Å². The number of nitrogens with one attached hydrogen (secondary N) is 1. The molecule has 1 aliphatic heterocycles. The van der Waals surface area contributed by atoms with Crippen LogP contribution in [0.3, 0.4) is 0 Å². The topological polar surface area (TPSA) is 50.8 Å². The Morgan fingerprint density at radius 2 is 1.62 bits per heavy atom. The fraction of sp³-hybridized carbons (Fsp3) is 0.435. The average molecular weight is 461 g/mol. The number of ether oxygens (including phenoxy) is 2. The molecule has 1 N–H and O–H groups in total. The van der Waals surface area contributed by atoms with Crippen LogP contribution in [0, 0.1) is 0 Å². The van der Waals surface area contributed by atoms with Gasteiger partial charge in [0.1, 0.15) is 11.5 Å². The first-order valence-corrected chi connectivity index (χ1v) is 11.0. The summed E-state index contributed by atoms with van der Waals surface area (Å²) in [7, 11) is 1.67. The normalized spacial score (nSPS) is 15.9. The molecule has 1 amide bonds. The first-order valence-electron chi connectivity index (χ1n) is 10.2. The molecule has 1 saturated heterocycles. The third-order valence-electron chi connectivity index (χ3n) is 5.26. The minimum absolute atomic E-state index is 0.0109. The van der Waals surface area contributed by atoms with Crippen molar-refractivity contribution in [3.8, 4) is 11.5 Å². The van der Waals surface area contributed by atoms with Crippen molar-refractivity contribution < 1.29 is 14.3 Å². The van der Waals surface area contributed by atoms with Crippen molar-refractivity contribution in [1.82, 2.24) is 10.2 Å². The van der Waals surface area contributed by atoms with Gasteiger partial charge in [0.25, 0.3) is 5.91 Å². The van der Waals surface area contributed by atoms with Crippen molar-refractivity contribution in [3.05, 3.63) is 58.6 Å². The molecule has 1 atom stereocenters. The number of carbonyl (C=O) groups excluding carboxylic acids is 1. The van der Waals surface area contributed by atoms with E-state index in [0.29, 0.717) is 12.3 Å². The lowest BCUT2D eigenvalue weighted by atomic mass is 10.0. The smallest absolute Gasteiger partial charge is 0.258 e. The van der Waals surface area contributed by atoms with Crippen molar-refractivity contribution in [2.75, 3.05) is 33.4 Å². The molecular weight excluding hydrogens is 432 g/mol. The monoisotopic (exact) mass is 460 g/mol. The number of rotatable bonds is 8. The van der Waals surface area contributed by atoms with Crippen LogP contribution >= 0.6 is 15.9 Å². The van der Waals surface area contributed by atoms with Crippen LogP contribution in [-0.2, 0) is 4.79 Å². The maximum atomic E-state index is 12.4. The summed E-state index contributed by atoms with van der Waals surface area (Å²) < 4.78 is 11.9. The average Bonchev–Trinajstić information content (AvgIpc) is 3.03. The van der Waals surface area contributed by atoms with Crippen molar-refractivity contribution >= 4 is 21.8 Å². The van der Waals surface area contributed by atoms with Gasteiger partial charge >= 0.3 is 0 Å². The predicted octanol–water partition coefficient (Wildman–Crippen LogP) is 4.57. The zero-order valence-corrected chi connectivity index (χ0v) is 18.5. The third-order valence-corrected chi connectivity index (χ3v) is 5.79. The second-order valence-electron chi connectivity index (χ2n) is 7.29. The Hall–Kier alpha value is -2.05. The van der Waals surface area contributed by atoms with E-state index in [1.807, 2.05) is 36.4 Å². The number of methoxy groups -OCH3 is 1. The van der Waals surface area contributed by atoms with Crippen LogP contribution in [0.2, 0.25) is 0 Å². The van der Waals surface area contributed by atoms with Gasteiger partial charge in [-0.25, -0.2) is 0 Å². The summed E-state index contributed by atoms with van der Waals surface area (Å²) >= 11 is 3.39. The molecule has 29 heavy (non-hydrogen) atoms. The Labute approximate surface area is 181 Å². The molecule has 1 heterocycles. The highest BCUT2D eigenvalue weighted by Gasteiger charge is 2.22. The predicted molar refractivity (Wildman–Crippen MR) is 118 cm³/mol. The van der Waals surface area contributed by atoms with Gasteiger partial charge in [0.15, 0.2) is 6.61 Å². The molecule has 0 radical (unpaired) electrons. The molecule has 0 bridgehead atoms. The van der Waals surface area contributed by atoms with E-state index in [1.54, 1.807) is 7.11 Å². The van der Waals surface area contributed by atoms with Gasteiger partial charge in [-0.3, -0.25) is 9.69 Å². The summed E-state index contributed by atoms with van der Waals surface area (Å²) in [5.41, 5.74) is 1.20. The SMILES string of the molecule is COc1ccc(C(CNC(=O)COc2ccc(Br)cc2)N2CCCCCC2)cc1. The Morgan fingerprint density at radius 1 is 1.00 bits per heavy atom.